The molecule has 0 amide bonds. The van der Waals surface area contributed by atoms with Gasteiger partial charge in [-0.05, 0) is 19.3 Å². The van der Waals surface area contributed by atoms with Gasteiger partial charge in [0.25, 0.3) is 0 Å². The molecule has 30 heavy (non-hydrogen) atoms. The average molecular weight is 496 g/mol. The van der Waals surface area contributed by atoms with Crippen LogP contribution >= 0.6 is 5.51 Å². The normalized spacial score (nSPS) is 13.1. The Morgan fingerprint density at radius 1 is 0.967 bits per heavy atom. The van der Waals surface area contributed by atoms with Gasteiger partial charge < -0.3 is 0 Å². The van der Waals surface area contributed by atoms with Crippen molar-refractivity contribution in [1.82, 2.24) is 0 Å². The van der Waals surface area contributed by atoms with Crippen molar-refractivity contribution in [2.45, 2.75) is 81.1 Å². The fourth-order valence-corrected chi connectivity index (χ4v) is 7.39. The van der Waals surface area contributed by atoms with Gasteiger partial charge in [0.2, 0.25) is 0 Å². The van der Waals surface area contributed by atoms with Crippen LogP contribution in [0, 0.1) is 5.92 Å². The van der Waals surface area contributed by atoms with Crippen molar-refractivity contribution in [2.24, 2.45) is 5.92 Å². The van der Waals surface area contributed by atoms with Gasteiger partial charge in [0.1, 0.15) is 0 Å². The molecule has 2 atom stereocenters. The van der Waals surface area contributed by atoms with Gasteiger partial charge >= 0.3 is 113 Å². The Hall–Kier alpha value is -0.871. The van der Waals surface area contributed by atoms with Gasteiger partial charge in [-0.25, -0.2) is 0 Å². The van der Waals surface area contributed by atoms with E-state index in [0.29, 0.717) is 5.92 Å². The average Bonchev–Trinajstić information content (AvgIpc) is 2.76. The third kappa shape index (κ3) is 15.9. The maximum absolute atomic E-state index is 3.90. The number of allylic oxidation sites excluding steroid dienone is 5. The van der Waals surface area contributed by atoms with Gasteiger partial charge in [0.05, 0.1) is 0 Å². The second-order valence-corrected chi connectivity index (χ2v) is 13.9. The Balaban J connectivity index is -0.000000464. The summed E-state index contributed by atoms with van der Waals surface area (Å²) in [6.07, 6.45) is 13.8. The third-order valence-electron chi connectivity index (χ3n) is 4.21. The zero-order valence-corrected chi connectivity index (χ0v) is 23.9. The molecule has 2 heteroatoms. The van der Waals surface area contributed by atoms with E-state index in [1.165, 1.54) is 17.3 Å². The largest absolute Gasteiger partial charge is 0.0683 e. The van der Waals surface area contributed by atoms with Crippen molar-refractivity contribution in [1.29, 1.82) is 0 Å². The first kappa shape index (κ1) is 33.8. The summed E-state index contributed by atoms with van der Waals surface area (Å²) in [5.74, 6) is 3.68. The minimum absolute atomic E-state index is 0.564. The molecule has 0 saturated carbocycles. The van der Waals surface area contributed by atoms with Crippen LogP contribution in [0.25, 0.3) is 0 Å². The third-order valence-corrected chi connectivity index (χ3v) is 9.96. The van der Waals surface area contributed by atoms with Crippen molar-refractivity contribution < 1.29 is 0 Å². The van der Waals surface area contributed by atoms with E-state index in [1.54, 1.807) is 0 Å². The van der Waals surface area contributed by atoms with E-state index in [2.05, 4.69) is 125 Å². The molecule has 0 saturated heterocycles. The van der Waals surface area contributed by atoms with E-state index in [1.807, 2.05) is 26.0 Å². The molecule has 1 rings (SSSR count). The second kappa shape index (κ2) is 22.8. The van der Waals surface area contributed by atoms with E-state index >= 15 is 0 Å². The molecule has 0 N–H and O–H groups in total. The van der Waals surface area contributed by atoms with Gasteiger partial charge in [-0.15, -0.1) is 6.58 Å². The number of hydrogen-bond acceptors (Lipinski definition) is 0. The van der Waals surface area contributed by atoms with Crippen LogP contribution in [0.5, 0.6) is 0 Å². The number of hydrogen-bond donors (Lipinski definition) is 0. The minimum atomic E-state index is -1.34. The Kier molecular flexibility index (Phi) is 25.7. The summed E-state index contributed by atoms with van der Waals surface area (Å²) in [5.41, 5.74) is 0.121. The summed E-state index contributed by atoms with van der Waals surface area (Å²) < 4.78 is 0. The van der Waals surface area contributed by atoms with E-state index in [-0.39, 0.29) is 0 Å². The van der Waals surface area contributed by atoms with Crippen LogP contribution in [0.3, 0.4) is 0 Å². The fourth-order valence-electron chi connectivity index (χ4n) is 2.46. The summed E-state index contributed by atoms with van der Waals surface area (Å²) in [4.78, 5) is 0. The van der Waals surface area contributed by atoms with Crippen LogP contribution in [-0.4, -0.2) is 21.3 Å². The molecule has 0 heterocycles. The Morgan fingerprint density at radius 2 is 1.50 bits per heavy atom. The smallest absolute Gasteiger partial charge is 0.0683 e. The topological polar surface area (TPSA) is 0 Å². The van der Waals surface area contributed by atoms with Crippen LogP contribution in [0.4, 0.5) is 0 Å². The Bertz CT molecular complexity index is 638. The monoisotopic (exact) mass is 496 g/mol. The summed E-state index contributed by atoms with van der Waals surface area (Å²) >= 11 is 3.46. The first-order valence-electron chi connectivity index (χ1n) is 11.4. The standard InChI is InChI=1S/C15H21PSe.C7H14.C4H8.C2H6/c1-5-11-16(17,12-6-2)15-10-8-7-9-14(15)13(3)4;1-4-6-7(3)5-2;1-3-4-2;1-2/h5-10,12-13H,1,11H2,2-4H3;4,6-7H,5H2,1-3H3;3H,1,4H2,2H3;1-2H3/b12-6+;6-4+;;. The van der Waals surface area contributed by atoms with Crippen LogP contribution in [0.1, 0.15) is 86.6 Å². The maximum Gasteiger partial charge on any atom is -0.0683 e. The summed E-state index contributed by atoms with van der Waals surface area (Å²) in [6.45, 7) is 26.5. The minimum Gasteiger partial charge on any atom is -0.0683 e. The zero-order chi connectivity index (χ0) is 24.0. The van der Waals surface area contributed by atoms with Crippen LogP contribution < -0.4 is 5.30 Å². The van der Waals surface area contributed by atoms with E-state index < -0.39 is 5.51 Å². The first-order chi connectivity index (χ1) is 14.3. The molecule has 0 radical (unpaired) electrons. The molecule has 0 spiro atoms. The summed E-state index contributed by atoms with van der Waals surface area (Å²) in [7, 11) is 0. The Morgan fingerprint density at radius 3 is 1.83 bits per heavy atom. The van der Waals surface area contributed by atoms with Crippen LogP contribution in [-0.2, 0) is 0 Å². The molecule has 1 aromatic carbocycles. The molecule has 172 valence electrons. The molecular formula is C28H49PSe. The second-order valence-electron chi connectivity index (χ2n) is 7.07. The van der Waals surface area contributed by atoms with Gasteiger partial charge in [-0.3, -0.25) is 0 Å². The van der Waals surface area contributed by atoms with Crippen molar-refractivity contribution in [3.8, 4) is 0 Å². The van der Waals surface area contributed by atoms with Gasteiger partial charge in [-0.1, -0.05) is 59.3 Å². The summed E-state index contributed by atoms with van der Waals surface area (Å²) in [5, 5.41) is 1.48. The SMILES string of the molecule is C/C=C/C(C)CC.C=CCC.C=CCP(=[Se])(/C=C/C)c1ccccc1C(C)C.CC. The quantitative estimate of drug-likeness (QED) is 0.191. The van der Waals surface area contributed by atoms with Crippen LogP contribution in [0.2, 0.25) is 0 Å². The molecule has 0 aromatic heterocycles. The van der Waals surface area contributed by atoms with E-state index in [4.69, 9.17) is 0 Å². The van der Waals surface area contributed by atoms with Gasteiger partial charge in [0, 0.05) is 0 Å². The van der Waals surface area contributed by atoms with E-state index in [0.717, 1.165) is 18.5 Å². The molecule has 0 aliphatic heterocycles. The fraction of sp³-hybridized carbons (Fsp3) is 0.500. The van der Waals surface area contributed by atoms with Gasteiger partial charge in [-0.2, -0.15) is 0 Å². The number of rotatable bonds is 8. The molecule has 2 unspecified atom stereocenters. The van der Waals surface area contributed by atoms with Crippen molar-refractivity contribution in [3.05, 3.63) is 79.2 Å². The molecule has 0 nitrogen and oxygen atoms in total. The Labute approximate surface area is 197 Å². The molecule has 0 aliphatic rings. The van der Waals surface area contributed by atoms with Crippen molar-refractivity contribution >= 4 is 25.9 Å². The molecule has 0 fully saturated rings. The van der Waals surface area contributed by atoms with Crippen molar-refractivity contribution in [2.75, 3.05) is 6.16 Å². The maximum atomic E-state index is 3.90. The molecule has 0 bridgehead atoms. The number of benzene rings is 1. The molecule has 1 aromatic rings. The summed E-state index contributed by atoms with van der Waals surface area (Å²) in [6, 6.07) is 8.79. The molecule has 0 aliphatic carbocycles. The van der Waals surface area contributed by atoms with Crippen LogP contribution in [0.15, 0.2) is 73.6 Å². The van der Waals surface area contributed by atoms with Crippen molar-refractivity contribution in [3.63, 3.8) is 0 Å². The van der Waals surface area contributed by atoms with Gasteiger partial charge in [0.15, 0.2) is 0 Å². The first-order valence-corrected chi connectivity index (χ1v) is 15.7. The van der Waals surface area contributed by atoms with E-state index in [9.17, 15) is 0 Å². The molecular weight excluding hydrogens is 446 g/mol. The predicted molar refractivity (Wildman–Crippen MR) is 149 cm³/mol. The predicted octanol–water partition coefficient (Wildman–Crippen LogP) is 9.47. The zero-order valence-electron chi connectivity index (χ0n) is 21.3.